The molecule has 1 aromatic heterocycles. The zero-order valence-corrected chi connectivity index (χ0v) is 11.1. The standard InChI is InChI=1S/C14H15F2N3O/c1-8-2-3-17-13(8)14-18-12(19-20-14)6-9-4-10(15)7-11(16)5-9/h4-5,7-8,13,17H,2-3,6H2,1H3. The molecule has 1 aliphatic heterocycles. The van der Waals surface area contributed by atoms with Gasteiger partial charge < -0.3 is 9.84 Å². The van der Waals surface area contributed by atoms with Crippen molar-refractivity contribution in [2.75, 3.05) is 6.54 Å². The van der Waals surface area contributed by atoms with Gasteiger partial charge in [-0.25, -0.2) is 8.78 Å². The SMILES string of the molecule is CC1CCNC1c1nc(Cc2cc(F)cc(F)c2)no1. The number of aromatic nitrogens is 2. The van der Waals surface area contributed by atoms with Crippen LogP contribution in [0.25, 0.3) is 0 Å². The van der Waals surface area contributed by atoms with Crippen molar-refractivity contribution >= 4 is 0 Å². The molecule has 0 aliphatic carbocycles. The Morgan fingerprint density at radius 1 is 1.30 bits per heavy atom. The van der Waals surface area contributed by atoms with Crippen molar-refractivity contribution < 1.29 is 13.3 Å². The number of nitrogens with one attached hydrogen (secondary N) is 1. The van der Waals surface area contributed by atoms with Gasteiger partial charge in [0.05, 0.1) is 6.04 Å². The van der Waals surface area contributed by atoms with Crippen LogP contribution >= 0.6 is 0 Å². The van der Waals surface area contributed by atoms with Crippen LogP contribution in [0, 0.1) is 17.6 Å². The monoisotopic (exact) mass is 279 g/mol. The number of rotatable bonds is 3. The molecule has 0 radical (unpaired) electrons. The van der Waals surface area contributed by atoms with E-state index >= 15 is 0 Å². The molecule has 0 spiro atoms. The van der Waals surface area contributed by atoms with Crippen LogP contribution in [0.15, 0.2) is 22.7 Å². The maximum atomic E-state index is 13.1. The summed E-state index contributed by atoms with van der Waals surface area (Å²) in [6, 6.07) is 3.46. The van der Waals surface area contributed by atoms with Crippen LogP contribution < -0.4 is 5.32 Å². The van der Waals surface area contributed by atoms with Gasteiger partial charge >= 0.3 is 0 Å². The van der Waals surface area contributed by atoms with Gasteiger partial charge in [-0.15, -0.1) is 0 Å². The fourth-order valence-electron chi connectivity index (χ4n) is 2.53. The van der Waals surface area contributed by atoms with Crippen LogP contribution in [0.4, 0.5) is 8.78 Å². The van der Waals surface area contributed by atoms with Crippen molar-refractivity contribution in [2.45, 2.75) is 25.8 Å². The summed E-state index contributed by atoms with van der Waals surface area (Å²) < 4.78 is 31.5. The minimum atomic E-state index is -0.602. The summed E-state index contributed by atoms with van der Waals surface area (Å²) in [7, 11) is 0. The van der Waals surface area contributed by atoms with Crippen LogP contribution in [0.2, 0.25) is 0 Å². The second-order valence-electron chi connectivity index (χ2n) is 5.20. The highest BCUT2D eigenvalue weighted by atomic mass is 19.1. The third kappa shape index (κ3) is 2.70. The zero-order chi connectivity index (χ0) is 14.1. The first-order valence-electron chi connectivity index (χ1n) is 6.62. The van der Waals surface area contributed by atoms with E-state index in [-0.39, 0.29) is 12.5 Å². The number of hydrogen-bond acceptors (Lipinski definition) is 4. The maximum Gasteiger partial charge on any atom is 0.244 e. The lowest BCUT2D eigenvalue weighted by Gasteiger charge is -2.09. The van der Waals surface area contributed by atoms with Gasteiger partial charge in [-0.1, -0.05) is 12.1 Å². The third-order valence-electron chi connectivity index (χ3n) is 3.57. The normalized spacial score (nSPS) is 22.4. The summed E-state index contributed by atoms with van der Waals surface area (Å²) in [6.07, 6.45) is 1.32. The first kappa shape index (κ1) is 13.2. The lowest BCUT2D eigenvalue weighted by atomic mass is 10.0. The second kappa shape index (κ2) is 5.28. The van der Waals surface area contributed by atoms with E-state index in [1.165, 1.54) is 12.1 Å². The number of nitrogens with zero attached hydrogens (tertiary/aromatic N) is 2. The van der Waals surface area contributed by atoms with Crippen LogP contribution in [-0.4, -0.2) is 16.7 Å². The van der Waals surface area contributed by atoms with Gasteiger partial charge in [-0.05, 0) is 36.6 Å². The van der Waals surface area contributed by atoms with Crippen LogP contribution in [-0.2, 0) is 6.42 Å². The fraction of sp³-hybridized carbons (Fsp3) is 0.429. The average Bonchev–Trinajstić information content (AvgIpc) is 2.96. The molecule has 2 heterocycles. The molecular formula is C14H15F2N3O. The summed E-state index contributed by atoms with van der Waals surface area (Å²) in [5.74, 6) is 0.215. The Morgan fingerprint density at radius 3 is 2.70 bits per heavy atom. The van der Waals surface area contributed by atoms with Crippen molar-refractivity contribution in [2.24, 2.45) is 5.92 Å². The summed E-state index contributed by atoms with van der Waals surface area (Å²) >= 11 is 0. The minimum Gasteiger partial charge on any atom is -0.338 e. The highest BCUT2D eigenvalue weighted by molar-refractivity contribution is 5.21. The van der Waals surface area contributed by atoms with Gasteiger partial charge in [0.1, 0.15) is 11.6 Å². The van der Waals surface area contributed by atoms with Gasteiger partial charge in [-0.2, -0.15) is 4.98 Å². The molecule has 2 atom stereocenters. The second-order valence-corrected chi connectivity index (χ2v) is 5.20. The van der Waals surface area contributed by atoms with Crippen LogP contribution in [0.3, 0.4) is 0 Å². The van der Waals surface area contributed by atoms with Crippen molar-refractivity contribution in [3.63, 3.8) is 0 Å². The molecule has 1 aliphatic rings. The fourth-order valence-corrected chi connectivity index (χ4v) is 2.53. The first-order valence-corrected chi connectivity index (χ1v) is 6.62. The number of hydrogen-bond donors (Lipinski definition) is 1. The topological polar surface area (TPSA) is 51.0 Å². The molecule has 106 valence electrons. The Balaban J connectivity index is 1.77. The first-order chi connectivity index (χ1) is 9.61. The molecule has 4 nitrogen and oxygen atoms in total. The number of benzene rings is 1. The van der Waals surface area contributed by atoms with E-state index in [2.05, 4.69) is 22.4 Å². The molecule has 0 saturated carbocycles. The molecule has 0 bridgehead atoms. The molecule has 20 heavy (non-hydrogen) atoms. The smallest absolute Gasteiger partial charge is 0.244 e. The third-order valence-corrected chi connectivity index (χ3v) is 3.57. The van der Waals surface area contributed by atoms with E-state index < -0.39 is 11.6 Å². The van der Waals surface area contributed by atoms with Crippen LogP contribution in [0.5, 0.6) is 0 Å². The Hall–Kier alpha value is -1.82. The van der Waals surface area contributed by atoms with Crippen molar-refractivity contribution in [3.05, 3.63) is 47.1 Å². The van der Waals surface area contributed by atoms with Crippen LogP contribution in [0.1, 0.15) is 36.7 Å². The Bertz CT molecular complexity index is 594. The molecule has 2 unspecified atom stereocenters. The summed E-state index contributed by atoms with van der Waals surface area (Å²) in [6.45, 7) is 3.05. The van der Waals surface area contributed by atoms with Gasteiger partial charge in [0.2, 0.25) is 5.89 Å². The Kier molecular flexibility index (Phi) is 3.48. The molecule has 1 fully saturated rings. The molecule has 2 aromatic rings. The predicted molar refractivity (Wildman–Crippen MR) is 68.0 cm³/mol. The molecular weight excluding hydrogens is 264 g/mol. The maximum absolute atomic E-state index is 13.1. The Labute approximate surface area is 115 Å². The summed E-state index contributed by atoms with van der Waals surface area (Å²) in [5.41, 5.74) is 0.488. The van der Waals surface area contributed by atoms with Gasteiger partial charge in [0.15, 0.2) is 5.82 Å². The highest BCUT2D eigenvalue weighted by Crippen LogP contribution is 2.27. The highest BCUT2D eigenvalue weighted by Gasteiger charge is 2.29. The molecule has 6 heteroatoms. The molecule has 1 aromatic carbocycles. The lowest BCUT2D eigenvalue weighted by Crippen LogP contribution is -2.16. The predicted octanol–water partition coefficient (Wildman–Crippen LogP) is 2.61. The molecule has 3 rings (SSSR count). The minimum absolute atomic E-state index is 0.0699. The largest absolute Gasteiger partial charge is 0.338 e. The summed E-state index contributed by atoms with van der Waals surface area (Å²) in [4.78, 5) is 4.31. The van der Waals surface area contributed by atoms with Gasteiger partial charge in [-0.3, -0.25) is 0 Å². The number of halogens is 2. The van der Waals surface area contributed by atoms with E-state index in [1.54, 1.807) is 0 Å². The van der Waals surface area contributed by atoms with Crippen molar-refractivity contribution in [1.82, 2.24) is 15.5 Å². The summed E-state index contributed by atoms with van der Waals surface area (Å²) in [5, 5.41) is 7.18. The zero-order valence-electron chi connectivity index (χ0n) is 11.1. The molecule has 1 N–H and O–H groups in total. The molecule has 1 saturated heterocycles. The van der Waals surface area contributed by atoms with Gasteiger partial charge in [0.25, 0.3) is 0 Å². The van der Waals surface area contributed by atoms with E-state index in [4.69, 9.17) is 4.52 Å². The van der Waals surface area contributed by atoms with Crippen molar-refractivity contribution in [3.8, 4) is 0 Å². The van der Waals surface area contributed by atoms with Crippen molar-refractivity contribution in [1.29, 1.82) is 0 Å². The van der Waals surface area contributed by atoms with E-state index in [1.807, 2.05) is 0 Å². The van der Waals surface area contributed by atoms with E-state index in [9.17, 15) is 8.78 Å². The van der Waals surface area contributed by atoms with Gasteiger partial charge in [0, 0.05) is 12.5 Å². The molecule has 0 amide bonds. The lowest BCUT2D eigenvalue weighted by molar-refractivity contribution is 0.317. The van der Waals surface area contributed by atoms with E-state index in [0.717, 1.165) is 19.0 Å². The van der Waals surface area contributed by atoms with E-state index in [0.29, 0.717) is 23.2 Å². The average molecular weight is 279 g/mol. The quantitative estimate of drug-likeness (QED) is 0.938. The Morgan fingerprint density at radius 2 is 2.05 bits per heavy atom.